The highest BCUT2D eigenvalue weighted by molar-refractivity contribution is 6.02. The van der Waals surface area contributed by atoms with Gasteiger partial charge in [0.1, 0.15) is 0 Å². The van der Waals surface area contributed by atoms with Crippen LogP contribution in [-0.4, -0.2) is 34.4 Å². The van der Waals surface area contributed by atoms with Crippen molar-refractivity contribution in [2.45, 2.75) is 33.7 Å². The van der Waals surface area contributed by atoms with Crippen LogP contribution in [0.2, 0.25) is 0 Å². The molecule has 1 heterocycles. The van der Waals surface area contributed by atoms with Crippen LogP contribution in [0.15, 0.2) is 47.5 Å². The first kappa shape index (κ1) is 20.3. The van der Waals surface area contributed by atoms with Gasteiger partial charge in [0.05, 0.1) is 23.8 Å². The van der Waals surface area contributed by atoms with Crippen molar-refractivity contribution in [3.63, 3.8) is 0 Å². The fourth-order valence-electron chi connectivity index (χ4n) is 3.41. The van der Waals surface area contributed by atoms with E-state index in [0.29, 0.717) is 16.5 Å². The monoisotopic (exact) mass is 392 g/mol. The third-order valence-electron chi connectivity index (χ3n) is 4.77. The third-order valence-corrected chi connectivity index (χ3v) is 4.77. The molecule has 29 heavy (non-hydrogen) atoms. The standard InChI is InChI=1S/C22H24N4O3/c1-13(2)26(20-14(3)6-5-7-15(20)4)19(27)11-23-21(28)16-8-9-17-18(10-16)24-12-25-22(17)29/h5-10,12-13H,11H2,1-4H3,(H,23,28)(H,24,25,29). The lowest BCUT2D eigenvalue weighted by Crippen LogP contribution is -2.44. The minimum atomic E-state index is -0.396. The molecule has 7 nitrogen and oxygen atoms in total. The van der Waals surface area contributed by atoms with Gasteiger partial charge in [-0.05, 0) is 57.0 Å². The zero-order chi connectivity index (χ0) is 21.1. The lowest BCUT2D eigenvalue weighted by Gasteiger charge is -2.30. The summed E-state index contributed by atoms with van der Waals surface area (Å²) >= 11 is 0. The maximum absolute atomic E-state index is 12.9. The SMILES string of the molecule is Cc1cccc(C)c1N(C(=O)CNC(=O)c1ccc2c(=O)[nH]cnc2c1)C(C)C. The molecule has 0 bridgehead atoms. The Morgan fingerprint density at radius 2 is 1.83 bits per heavy atom. The number of carbonyl (C=O) groups is 2. The quantitative estimate of drug-likeness (QED) is 0.698. The molecular formula is C22H24N4O3. The number of aryl methyl sites for hydroxylation is 2. The summed E-state index contributed by atoms with van der Waals surface area (Å²) in [7, 11) is 0. The summed E-state index contributed by atoms with van der Waals surface area (Å²) in [5.74, 6) is -0.589. The molecule has 7 heteroatoms. The molecule has 3 aromatic rings. The molecule has 0 spiro atoms. The number of para-hydroxylation sites is 1. The van der Waals surface area contributed by atoms with Crippen molar-refractivity contribution in [2.75, 3.05) is 11.4 Å². The summed E-state index contributed by atoms with van der Waals surface area (Å²) in [5.41, 5.74) is 3.38. The van der Waals surface area contributed by atoms with Gasteiger partial charge in [0, 0.05) is 17.3 Å². The lowest BCUT2D eigenvalue weighted by atomic mass is 10.1. The van der Waals surface area contributed by atoms with Crippen LogP contribution >= 0.6 is 0 Å². The smallest absolute Gasteiger partial charge is 0.258 e. The molecule has 3 rings (SSSR count). The van der Waals surface area contributed by atoms with E-state index in [9.17, 15) is 14.4 Å². The minimum absolute atomic E-state index is 0.0594. The molecule has 150 valence electrons. The maximum Gasteiger partial charge on any atom is 0.258 e. The number of H-pyrrole nitrogens is 1. The largest absolute Gasteiger partial charge is 0.343 e. The number of amides is 2. The van der Waals surface area contributed by atoms with Crippen LogP contribution in [0.4, 0.5) is 5.69 Å². The summed E-state index contributed by atoms with van der Waals surface area (Å²) < 4.78 is 0. The number of carbonyl (C=O) groups excluding carboxylic acids is 2. The molecule has 2 aromatic carbocycles. The Labute approximate surface area is 168 Å². The molecule has 0 aliphatic carbocycles. The van der Waals surface area contributed by atoms with E-state index in [1.165, 1.54) is 12.4 Å². The van der Waals surface area contributed by atoms with E-state index >= 15 is 0 Å². The second-order valence-corrected chi connectivity index (χ2v) is 7.24. The number of nitrogens with one attached hydrogen (secondary N) is 2. The van der Waals surface area contributed by atoms with Crippen LogP contribution in [0, 0.1) is 13.8 Å². The molecule has 2 N–H and O–H groups in total. The molecule has 0 radical (unpaired) electrons. The van der Waals surface area contributed by atoms with Crippen LogP contribution < -0.4 is 15.8 Å². The second-order valence-electron chi connectivity index (χ2n) is 7.24. The van der Waals surface area contributed by atoms with E-state index in [1.807, 2.05) is 45.9 Å². The fourth-order valence-corrected chi connectivity index (χ4v) is 3.41. The molecule has 0 aliphatic heterocycles. The number of rotatable bonds is 5. The van der Waals surface area contributed by atoms with Crippen molar-refractivity contribution in [2.24, 2.45) is 0 Å². The first-order valence-electron chi connectivity index (χ1n) is 9.43. The average Bonchev–Trinajstić information content (AvgIpc) is 2.68. The highest BCUT2D eigenvalue weighted by atomic mass is 16.2. The number of nitrogens with zero attached hydrogens (tertiary/aromatic N) is 2. The number of fused-ring (bicyclic) bond motifs is 1. The number of aromatic amines is 1. The minimum Gasteiger partial charge on any atom is -0.343 e. The van der Waals surface area contributed by atoms with Crippen molar-refractivity contribution >= 4 is 28.4 Å². The Hall–Kier alpha value is -3.48. The molecule has 1 aromatic heterocycles. The number of hydrogen-bond acceptors (Lipinski definition) is 4. The Balaban J connectivity index is 1.78. The van der Waals surface area contributed by atoms with Crippen LogP contribution in [0.3, 0.4) is 0 Å². The first-order chi connectivity index (χ1) is 13.8. The predicted octanol–water partition coefficient (Wildman–Crippen LogP) is 2.71. The molecule has 2 amide bonds. The van der Waals surface area contributed by atoms with Crippen molar-refractivity contribution in [1.29, 1.82) is 0 Å². The fraction of sp³-hybridized carbons (Fsp3) is 0.273. The number of hydrogen-bond donors (Lipinski definition) is 2. The molecule has 0 atom stereocenters. The first-order valence-corrected chi connectivity index (χ1v) is 9.43. The molecule has 0 unspecified atom stereocenters. The number of anilines is 1. The van der Waals surface area contributed by atoms with Crippen LogP contribution in [-0.2, 0) is 4.79 Å². The van der Waals surface area contributed by atoms with Crippen LogP contribution in [0.1, 0.15) is 35.3 Å². The normalized spacial score (nSPS) is 10.9. The van der Waals surface area contributed by atoms with E-state index in [-0.39, 0.29) is 24.1 Å². The van der Waals surface area contributed by atoms with E-state index in [4.69, 9.17) is 0 Å². The lowest BCUT2D eigenvalue weighted by molar-refractivity contribution is -0.118. The van der Waals surface area contributed by atoms with Crippen LogP contribution in [0.5, 0.6) is 0 Å². The summed E-state index contributed by atoms with van der Waals surface area (Å²) in [5, 5.41) is 3.08. The van der Waals surface area contributed by atoms with Crippen molar-refractivity contribution in [3.05, 3.63) is 69.8 Å². The van der Waals surface area contributed by atoms with E-state index in [2.05, 4.69) is 15.3 Å². The van der Waals surface area contributed by atoms with Gasteiger partial charge in [-0.3, -0.25) is 14.4 Å². The highest BCUT2D eigenvalue weighted by Gasteiger charge is 2.22. The zero-order valence-electron chi connectivity index (χ0n) is 16.9. The highest BCUT2D eigenvalue weighted by Crippen LogP contribution is 2.26. The van der Waals surface area contributed by atoms with Gasteiger partial charge in [0.2, 0.25) is 5.91 Å². The molecular weight excluding hydrogens is 368 g/mol. The van der Waals surface area contributed by atoms with Gasteiger partial charge in [0.15, 0.2) is 0 Å². The average molecular weight is 392 g/mol. The predicted molar refractivity (Wildman–Crippen MR) is 113 cm³/mol. The van der Waals surface area contributed by atoms with Gasteiger partial charge < -0.3 is 15.2 Å². The van der Waals surface area contributed by atoms with Gasteiger partial charge in [-0.15, -0.1) is 0 Å². The Kier molecular flexibility index (Phi) is 5.77. The van der Waals surface area contributed by atoms with E-state index < -0.39 is 5.91 Å². The van der Waals surface area contributed by atoms with Gasteiger partial charge >= 0.3 is 0 Å². The second kappa shape index (κ2) is 8.26. The molecule has 0 saturated carbocycles. The van der Waals surface area contributed by atoms with Crippen LogP contribution in [0.25, 0.3) is 10.9 Å². The summed E-state index contributed by atoms with van der Waals surface area (Å²) in [6, 6.07) is 10.5. The number of aromatic nitrogens is 2. The van der Waals surface area contributed by atoms with Gasteiger partial charge in [-0.1, -0.05) is 18.2 Å². The van der Waals surface area contributed by atoms with Crippen molar-refractivity contribution in [1.82, 2.24) is 15.3 Å². The van der Waals surface area contributed by atoms with Crippen molar-refractivity contribution in [3.8, 4) is 0 Å². The maximum atomic E-state index is 12.9. The van der Waals surface area contributed by atoms with Crippen molar-refractivity contribution < 1.29 is 9.59 Å². The Morgan fingerprint density at radius 1 is 1.14 bits per heavy atom. The molecule has 0 aliphatic rings. The molecule has 0 saturated heterocycles. The third kappa shape index (κ3) is 4.18. The Bertz CT molecular complexity index is 1110. The zero-order valence-corrected chi connectivity index (χ0v) is 16.9. The Morgan fingerprint density at radius 3 is 2.48 bits per heavy atom. The van der Waals surface area contributed by atoms with E-state index in [0.717, 1.165) is 16.8 Å². The van der Waals surface area contributed by atoms with Gasteiger partial charge in [-0.2, -0.15) is 0 Å². The van der Waals surface area contributed by atoms with Gasteiger partial charge in [-0.25, -0.2) is 4.98 Å². The summed E-state index contributed by atoms with van der Waals surface area (Å²) in [4.78, 5) is 45.5. The number of benzene rings is 2. The van der Waals surface area contributed by atoms with Gasteiger partial charge in [0.25, 0.3) is 11.5 Å². The summed E-state index contributed by atoms with van der Waals surface area (Å²) in [6.45, 7) is 7.68. The molecule has 0 fully saturated rings. The summed E-state index contributed by atoms with van der Waals surface area (Å²) in [6.07, 6.45) is 1.29. The van der Waals surface area contributed by atoms with E-state index in [1.54, 1.807) is 17.0 Å². The topological polar surface area (TPSA) is 95.2 Å².